The molecule has 1 heterocycles. The van der Waals surface area contributed by atoms with Gasteiger partial charge in [0.2, 0.25) is 0 Å². The first-order valence-corrected chi connectivity index (χ1v) is 8.41. The van der Waals surface area contributed by atoms with E-state index < -0.39 is 0 Å². The van der Waals surface area contributed by atoms with Crippen LogP contribution in [0.3, 0.4) is 0 Å². The number of aromatic amines is 1. The van der Waals surface area contributed by atoms with Crippen LogP contribution in [0, 0.1) is 5.82 Å². The Hall–Kier alpha value is -3.67. The Labute approximate surface area is 154 Å². The molecule has 0 atom stereocenters. The normalized spacial score (nSPS) is 10.7. The van der Waals surface area contributed by atoms with E-state index in [0.717, 1.165) is 22.4 Å². The summed E-state index contributed by atoms with van der Waals surface area (Å²) in [5.74, 6) is 0.563. The molecule has 6 heteroatoms. The lowest BCUT2D eigenvalue weighted by molar-refractivity contribution is -0.118. The molecule has 0 spiro atoms. The number of ether oxygens (including phenoxy) is 1. The smallest absolute Gasteiger partial charge is 0.262 e. The largest absolute Gasteiger partial charge is 0.484 e. The highest BCUT2D eigenvalue weighted by atomic mass is 19.1. The molecule has 2 N–H and O–H groups in total. The third kappa shape index (κ3) is 3.95. The summed E-state index contributed by atoms with van der Waals surface area (Å²) >= 11 is 0. The molecule has 0 aliphatic carbocycles. The number of amides is 1. The predicted molar refractivity (Wildman–Crippen MR) is 102 cm³/mol. The van der Waals surface area contributed by atoms with E-state index in [9.17, 15) is 9.18 Å². The minimum Gasteiger partial charge on any atom is -0.484 e. The summed E-state index contributed by atoms with van der Waals surface area (Å²) in [5, 5.41) is 2.76. The van der Waals surface area contributed by atoms with Gasteiger partial charge in [-0.25, -0.2) is 9.37 Å². The molecule has 0 aliphatic rings. The van der Waals surface area contributed by atoms with Gasteiger partial charge in [0.05, 0.1) is 11.0 Å². The predicted octanol–water partition coefficient (Wildman–Crippen LogP) is 4.39. The maximum Gasteiger partial charge on any atom is 0.262 e. The second kappa shape index (κ2) is 7.29. The van der Waals surface area contributed by atoms with Gasteiger partial charge in [0.1, 0.15) is 17.4 Å². The van der Waals surface area contributed by atoms with Gasteiger partial charge in [-0.15, -0.1) is 0 Å². The third-order valence-corrected chi connectivity index (χ3v) is 4.02. The second-order valence-corrected chi connectivity index (χ2v) is 5.97. The van der Waals surface area contributed by atoms with Crippen molar-refractivity contribution in [1.82, 2.24) is 9.97 Å². The second-order valence-electron chi connectivity index (χ2n) is 5.97. The lowest BCUT2D eigenvalue weighted by atomic mass is 10.2. The molecule has 0 fully saturated rings. The molecule has 3 aromatic carbocycles. The Morgan fingerprint density at radius 3 is 2.48 bits per heavy atom. The number of hydrogen-bond acceptors (Lipinski definition) is 3. The van der Waals surface area contributed by atoms with Gasteiger partial charge >= 0.3 is 0 Å². The van der Waals surface area contributed by atoms with Gasteiger partial charge in [0, 0.05) is 11.3 Å². The van der Waals surface area contributed by atoms with Crippen LogP contribution in [0.1, 0.15) is 0 Å². The first-order chi connectivity index (χ1) is 13.2. The number of nitrogens with zero attached hydrogens (tertiary/aromatic N) is 1. The number of carbonyl (C=O) groups is 1. The van der Waals surface area contributed by atoms with Gasteiger partial charge in [0.15, 0.2) is 6.61 Å². The van der Waals surface area contributed by atoms with Gasteiger partial charge in [0.25, 0.3) is 5.91 Å². The van der Waals surface area contributed by atoms with Crippen molar-refractivity contribution < 1.29 is 13.9 Å². The summed E-state index contributed by atoms with van der Waals surface area (Å²) in [6.45, 7) is -0.156. The number of fused-ring (bicyclic) bond motifs is 1. The highest BCUT2D eigenvalue weighted by Gasteiger charge is 2.07. The highest BCUT2D eigenvalue weighted by Crippen LogP contribution is 2.22. The minimum absolute atomic E-state index is 0.156. The van der Waals surface area contributed by atoms with Crippen molar-refractivity contribution in [3.63, 3.8) is 0 Å². The quantitative estimate of drug-likeness (QED) is 0.554. The number of halogens is 1. The summed E-state index contributed by atoms with van der Waals surface area (Å²) in [5.41, 5.74) is 3.46. The molecule has 0 saturated heterocycles. The van der Waals surface area contributed by atoms with Crippen LogP contribution in [0.5, 0.6) is 5.75 Å². The minimum atomic E-state index is -0.351. The van der Waals surface area contributed by atoms with Crippen molar-refractivity contribution in [3.05, 3.63) is 78.6 Å². The van der Waals surface area contributed by atoms with Crippen LogP contribution in [0.15, 0.2) is 72.8 Å². The summed E-state index contributed by atoms with van der Waals surface area (Å²) in [7, 11) is 0. The zero-order chi connectivity index (χ0) is 18.6. The fourth-order valence-corrected chi connectivity index (χ4v) is 2.68. The van der Waals surface area contributed by atoms with E-state index in [1.807, 2.05) is 36.4 Å². The lowest BCUT2D eigenvalue weighted by Crippen LogP contribution is -2.20. The van der Waals surface area contributed by atoms with Gasteiger partial charge in [-0.05, 0) is 60.7 Å². The molecule has 0 unspecified atom stereocenters. The number of rotatable bonds is 5. The summed E-state index contributed by atoms with van der Waals surface area (Å²) < 4.78 is 18.2. The van der Waals surface area contributed by atoms with Gasteiger partial charge < -0.3 is 15.0 Å². The Bertz CT molecular complexity index is 1040. The average Bonchev–Trinajstić information content (AvgIpc) is 3.12. The van der Waals surface area contributed by atoms with Crippen LogP contribution in [0.4, 0.5) is 10.1 Å². The molecule has 5 nitrogen and oxygen atoms in total. The van der Waals surface area contributed by atoms with E-state index in [4.69, 9.17) is 4.74 Å². The van der Waals surface area contributed by atoms with Crippen LogP contribution in [0.25, 0.3) is 22.4 Å². The standard InChI is InChI=1S/C21H16FN3O2/c22-15-7-11-17(12-8-15)27-13-20(26)23-16-9-5-14(6-10-16)21-24-18-3-1-2-4-19(18)25-21/h1-12H,13H2,(H,23,26)(H,24,25). The Kier molecular flexibility index (Phi) is 4.53. The Morgan fingerprint density at radius 2 is 1.74 bits per heavy atom. The van der Waals surface area contributed by atoms with E-state index in [1.54, 1.807) is 12.1 Å². The summed E-state index contributed by atoms with van der Waals surface area (Å²) in [4.78, 5) is 19.8. The molecule has 4 aromatic rings. The number of para-hydroxylation sites is 2. The monoisotopic (exact) mass is 361 g/mol. The fraction of sp³-hybridized carbons (Fsp3) is 0.0476. The van der Waals surface area contributed by atoms with Crippen molar-refractivity contribution >= 4 is 22.6 Å². The number of aromatic nitrogens is 2. The van der Waals surface area contributed by atoms with Crippen LogP contribution >= 0.6 is 0 Å². The molecule has 134 valence electrons. The van der Waals surface area contributed by atoms with E-state index in [0.29, 0.717) is 11.4 Å². The molecular weight excluding hydrogens is 345 g/mol. The molecule has 4 rings (SSSR count). The van der Waals surface area contributed by atoms with Crippen molar-refractivity contribution in [2.75, 3.05) is 11.9 Å². The topological polar surface area (TPSA) is 67.0 Å². The summed E-state index contributed by atoms with van der Waals surface area (Å²) in [6, 6.07) is 20.7. The number of nitrogens with one attached hydrogen (secondary N) is 2. The first kappa shape index (κ1) is 16.8. The van der Waals surface area contributed by atoms with Crippen molar-refractivity contribution in [2.45, 2.75) is 0 Å². The number of benzene rings is 3. The Balaban J connectivity index is 1.38. The fourth-order valence-electron chi connectivity index (χ4n) is 2.68. The Morgan fingerprint density at radius 1 is 1.00 bits per heavy atom. The number of H-pyrrole nitrogens is 1. The molecule has 1 aromatic heterocycles. The number of imidazole rings is 1. The SMILES string of the molecule is O=C(COc1ccc(F)cc1)Nc1ccc(-c2nc3ccccc3[nH]2)cc1. The zero-order valence-corrected chi connectivity index (χ0v) is 14.3. The van der Waals surface area contributed by atoms with Crippen molar-refractivity contribution in [3.8, 4) is 17.1 Å². The molecule has 0 radical (unpaired) electrons. The van der Waals surface area contributed by atoms with E-state index in [2.05, 4.69) is 15.3 Å². The molecule has 0 aliphatic heterocycles. The van der Waals surface area contributed by atoms with E-state index in [1.165, 1.54) is 24.3 Å². The molecule has 27 heavy (non-hydrogen) atoms. The van der Waals surface area contributed by atoms with Gasteiger partial charge in [-0.1, -0.05) is 12.1 Å². The number of hydrogen-bond donors (Lipinski definition) is 2. The van der Waals surface area contributed by atoms with E-state index in [-0.39, 0.29) is 18.3 Å². The summed E-state index contributed by atoms with van der Waals surface area (Å²) in [6.07, 6.45) is 0. The molecule has 0 bridgehead atoms. The van der Waals surface area contributed by atoms with Crippen molar-refractivity contribution in [2.24, 2.45) is 0 Å². The van der Waals surface area contributed by atoms with Gasteiger partial charge in [-0.2, -0.15) is 0 Å². The van der Waals surface area contributed by atoms with Crippen LogP contribution in [-0.2, 0) is 4.79 Å². The number of anilines is 1. The van der Waals surface area contributed by atoms with E-state index >= 15 is 0 Å². The molecule has 1 amide bonds. The highest BCUT2D eigenvalue weighted by molar-refractivity contribution is 5.92. The molecule has 0 saturated carbocycles. The zero-order valence-electron chi connectivity index (χ0n) is 14.3. The maximum absolute atomic E-state index is 12.8. The number of carbonyl (C=O) groups excluding carboxylic acids is 1. The lowest BCUT2D eigenvalue weighted by Gasteiger charge is -2.08. The van der Waals surface area contributed by atoms with Crippen LogP contribution in [0.2, 0.25) is 0 Å². The van der Waals surface area contributed by atoms with Crippen LogP contribution < -0.4 is 10.1 Å². The maximum atomic E-state index is 12.8. The third-order valence-electron chi connectivity index (χ3n) is 4.02. The average molecular weight is 361 g/mol. The van der Waals surface area contributed by atoms with Gasteiger partial charge in [-0.3, -0.25) is 4.79 Å². The van der Waals surface area contributed by atoms with Crippen LogP contribution in [-0.4, -0.2) is 22.5 Å². The molecular formula is C21H16FN3O2. The van der Waals surface area contributed by atoms with Crippen molar-refractivity contribution in [1.29, 1.82) is 0 Å². The first-order valence-electron chi connectivity index (χ1n) is 8.41.